The lowest BCUT2D eigenvalue weighted by Crippen LogP contribution is -2.15. The SMILES string of the molecule is COc1ccc(OCCSCC(=O)Nc2ccc(OC(F)F)cc2)cc1. The molecule has 0 spiro atoms. The van der Waals surface area contributed by atoms with Crippen LogP contribution in [-0.2, 0) is 4.79 Å². The third-order valence-corrected chi connectivity index (χ3v) is 4.07. The number of carbonyl (C=O) groups excluding carboxylic acids is 1. The van der Waals surface area contributed by atoms with Crippen molar-refractivity contribution in [1.29, 1.82) is 0 Å². The summed E-state index contributed by atoms with van der Waals surface area (Å²) in [7, 11) is 1.60. The molecule has 0 saturated heterocycles. The van der Waals surface area contributed by atoms with Crippen molar-refractivity contribution >= 4 is 23.4 Å². The van der Waals surface area contributed by atoms with E-state index in [2.05, 4.69) is 10.1 Å². The summed E-state index contributed by atoms with van der Waals surface area (Å²) in [4.78, 5) is 11.8. The van der Waals surface area contributed by atoms with Gasteiger partial charge in [0.05, 0.1) is 19.5 Å². The van der Waals surface area contributed by atoms with Gasteiger partial charge in [-0.05, 0) is 48.5 Å². The van der Waals surface area contributed by atoms with Gasteiger partial charge in [0.1, 0.15) is 17.2 Å². The first kappa shape index (κ1) is 19.8. The Bertz CT molecular complexity index is 681. The molecule has 26 heavy (non-hydrogen) atoms. The summed E-state index contributed by atoms with van der Waals surface area (Å²) >= 11 is 1.43. The van der Waals surface area contributed by atoms with Crippen LogP contribution in [0.3, 0.4) is 0 Å². The second-order valence-corrected chi connectivity index (χ2v) is 6.13. The monoisotopic (exact) mass is 383 g/mol. The van der Waals surface area contributed by atoms with E-state index in [0.29, 0.717) is 18.0 Å². The number of methoxy groups -OCH3 is 1. The second kappa shape index (κ2) is 10.5. The zero-order chi connectivity index (χ0) is 18.8. The van der Waals surface area contributed by atoms with Gasteiger partial charge in [0, 0.05) is 11.4 Å². The Labute approximate surface area is 154 Å². The first-order valence-corrected chi connectivity index (χ1v) is 8.91. The number of thioether (sulfide) groups is 1. The highest BCUT2D eigenvalue weighted by molar-refractivity contribution is 7.99. The van der Waals surface area contributed by atoms with Crippen LogP contribution < -0.4 is 19.5 Å². The number of ether oxygens (including phenoxy) is 3. The molecule has 0 unspecified atom stereocenters. The summed E-state index contributed by atoms with van der Waals surface area (Å²) in [6.45, 7) is -2.39. The Kier molecular flexibility index (Phi) is 8.01. The summed E-state index contributed by atoms with van der Waals surface area (Å²) in [5.41, 5.74) is 0.520. The van der Waals surface area contributed by atoms with Crippen LogP contribution in [0.4, 0.5) is 14.5 Å². The molecule has 0 radical (unpaired) electrons. The summed E-state index contributed by atoms with van der Waals surface area (Å²) in [5.74, 6) is 2.28. The maximum Gasteiger partial charge on any atom is 0.387 e. The lowest BCUT2D eigenvalue weighted by Gasteiger charge is -2.08. The second-order valence-electron chi connectivity index (χ2n) is 5.03. The normalized spacial score (nSPS) is 10.5. The molecule has 1 N–H and O–H groups in total. The van der Waals surface area contributed by atoms with Crippen molar-refractivity contribution in [3.8, 4) is 17.2 Å². The molecule has 0 aliphatic carbocycles. The van der Waals surface area contributed by atoms with Gasteiger partial charge in [0.15, 0.2) is 0 Å². The first-order chi connectivity index (χ1) is 12.6. The van der Waals surface area contributed by atoms with Gasteiger partial charge < -0.3 is 19.5 Å². The highest BCUT2D eigenvalue weighted by Crippen LogP contribution is 2.19. The minimum Gasteiger partial charge on any atom is -0.497 e. The van der Waals surface area contributed by atoms with Crippen molar-refractivity contribution in [2.75, 3.05) is 30.5 Å². The molecule has 5 nitrogen and oxygen atoms in total. The van der Waals surface area contributed by atoms with Gasteiger partial charge in [-0.3, -0.25) is 4.79 Å². The van der Waals surface area contributed by atoms with E-state index in [-0.39, 0.29) is 17.4 Å². The molecule has 0 atom stereocenters. The lowest BCUT2D eigenvalue weighted by atomic mass is 10.3. The zero-order valence-electron chi connectivity index (χ0n) is 14.1. The molecular weight excluding hydrogens is 364 g/mol. The van der Waals surface area contributed by atoms with E-state index in [1.165, 1.54) is 36.0 Å². The average molecular weight is 383 g/mol. The summed E-state index contributed by atoms with van der Waals surface area (Å²) in [6, 6.07) is 13.0. The Morgan fingerprint density at radius 3 is 2.27 bits per heavy atom. The fourth-order valence-corrected chi connectivity index (χ4v) is 2.58. The highest BCUT2D eigenvalue weighted by Gasteiger charge is 2.06. The third kappa shape index (κ3) is 7.18. The number of rotatable bonds is 10. The number of benzene rings is 2. The van der Waals surface area contributed by atoms with Crippen LogP contribution >= 0.6 is 11.8 Å². The topological polar surface area (TPSA) is 56.8 Å². The van der Waals surface area contributed by atoms with Crippen LogP contribution in [0.15, 0.2) is 48.5 Å². The molecule has 2 rings (SSSR count). The summed E-state index contributed by atoms with van der Waals surface area (Å²) in [5, 5.41) is 2.69. The van der Waals surface area contributed by atoms with E-state index in [1.807, 2.05) is 24.3 Å². The fourth-order valence-electron chi connectivity index (χ4n) is 1.97. The highest BCUT2D eigenvalue weighted by atomic mass is 32.2. The van der Waals surface area contributed by atoms with Gasteiger partial charge >= 0.3 is 6.61 Å². The molecule has 0 bridgehead atoms. The number of amides is 1. The maximum atomic E-state index is 12.1. The number of anilines is 1. The molecular formula is C18H19F2NO4S. The van der Waals surface area contributed by atoms with Gasteiger partial charge in [0.25, 0.3) is 0 Å². The van der Waals surface area contributed by atoms with E-state index in [4.69, 9.17) is 9.47 Å². The van der Waals surface area contributed by atoms with E-state index in [0.717, 1.165) is 11.5 Å². The smallest absolute Gasteiger partial charge is 0.387 e. The number of alkyl halides is 2. The number of hydrogen-bond acceptors (Lipinski definition) is 5. The van der Waals surface area contributed by atoms with E-state index >= 15 is 0 Å². The van der Waals surface area contributed by atoms with E-state index in [1.54, 1.807) is 7.11 Å². The minimum absolute atomic E-state index is 0.0445. The van der Waals surface area contributed by atoms with Crippen LogP contribution in [-0.4, -0.2) is 37.7 Å². The molecule has 0 saturated carbocycles. The maximum absolute atomic E-state index is 12.1. The quantitative estimate of drug-likeness (QED) is 0.628. The molecule has 0 heterocycles. The van der Waals surface area contributed by atoms with Gasteiger partial charge in [-0.2, -0.15) is 8.78 Å². The lowest BCUT2D eigenvalue weighted by molar-refractivity contribution is -0.113. The molecule has 0 aliphatic rings. The van der Waals surface area contributed by atoms with E-state index < -0.39 is 6.61 Å². The van der Waals surface area contributed by atoms with Crippen LogP contribution in [0.1, 0.15) is 0 Å². The predicted molar refractivity (Wildman–Crippen MR) is 97.5 cm³/mol. The number of halogens is 2. The zero-order valence-corrected chi connectivity index (χ0v) is 14.9. The molecule has 8 heteroatoms. The van der Waals surface area contributed by atoms with Gasteiger partial charge in [-0.15, -0.1) is 11.8 Å². The Hall–Kier alpha value is -2.48. The van der Waals surface area contributed by atoms with Crippen LogP contribution in [0.2, 0.25) is 0 Å². The average Bonchev–Trinajstić information content (AvgIpc) is 2.63. The Morgan fingerprint density at radius 1 is 1.04 bits per heavy atom. The van der Waals surface area contributed by atoms with Crippen molar-refractivity contribution in [2.24, 2.45) is 0 Å². The van der Waals surface area contributed by atoms with Crippen LogP contribution in [0, 0.1) is 0 Å². The van der Waals surface area contributed by atoms with Crippen LogP contribution in [0.25, 0.3) is 0 Å². The molecule has 1 amide bonds. The fraction of sp³-hybridized carbons (Fsp3) is 0.278. The molecule has 140 valence electrons. The summed E-state index contributed by atoms with van der Waals surface area (Å²) in [6.07, 6.45) is 0. The number of hydrogen-bond donors (Lipinski definition) is 1. The van der Waals surface area contributed by atoms with Gasteiger partial charge in [-0.25, -0.2) is 0 Å². The first-order valence-electron chi connectivity index (χ1n) is 7.76. The van der Waals surface area contributed by atoms with Crippen molar-refractivity contribution in [3.05, 3.63) is 48.5 Å². The largest absolute Gasteiger partial charge is 0.497 e. The van der Waals surface area contributed by atoms with Crippen LogP contribution in [0.5, 0.6) is 17.2 Å². The number of nitrogens with one attached hydrogen (secondary N) is 1. The van der Waals surface area contributed by atoms with E-state index in [9.17, 15) is 13.6 Å². The Morgan fingerprint density at radius 2 is 1.65 bits per heavy atom. The minimum atomic E-state index is -2.87. The standard InChI is InChI=1S/C18H19F2NO4S/c1-23-14-6-8-15(9-7-14)24-10-11-26-12-17(22)21-13-2-4-16(5-3-13)25-18(19)20/h2-9,18H,10-12H2,1H3,(H,21,22). The predicted octanol–water partition coefficient (Wildman–Crippen LogP) is 4.05. The Balaban J connectivity index is 1.62. The summed E-state index contributed by atoms with van der Waals surface area (Å²) < 4.78 is 39.0. The molecule has 0 fully saturated rings. The molecule has 0 aliphatic heterocycles. The third-order valence-electron chi connectivity index (χ3n) is 3.15. The van der Waals surface area contributed by atoms with Gasteiger partial charge in [-0.1, -0.05) is 0 Å². The van der Waals surface area contributed by atoms with Crippen molar-refractivity contribution < 1.29 is 27.8 Å². The molecule has 2 aromatic carbocycles. The molecule has 2 aromatic rings. The van der Waals surface area contributed by atoms with Crippen molar-refractivity contribution in [3.63, 3.8) is 0 Å². The van der Waals surface area contributed by atoms with Crippen molar-refractivity contribution in [2.45, 2.75) is 6.61 Å². The van der Waals surface area contributed by atoms with Gasteiger partial charge in [0.2, 0.25) is 5.91 Å². The molecule has 0 aromatic heterocycles. The number of carbonyl (C=O) groups is 1. The van der Waals surface area contributed by atoms with Crippen molar-refractivity contribution in [1.82, 2.24) is 0 Å².